The molecular formula is C15H29N3O2. The number of nitrogens with two attached hydrogens (primary N) is 1. The summed E-state index contributed by atoms with van der Waals surface area (Å²) in [5.74, 6) is 5.37. The highest BCUT2D eigenvalue weighted by atomic mass is 16.3. The Hall–Kier alpha value is -1.07. The van der Waals surface area contributed by atoms with Crippen molar-refractivity contribution in [3.8, 4) is 0 Å². The summed E-state index contributed by atoms with van der Waals surface area (Å²) >= 11 is 0. The van der Waals surface area contributed by atoms with E-state index in [9.17, 15) is 9.90 Å². The Kier molecular flexibility index (Phi) is 7.02. The topological polar surface area (TPSA) is 87.4 Å². The third-order valence-electron chi connectivity index (χ3n) is 3.99. The number of hydrogen-bond acceptors (Lipinski definition) is 4. The van der Waals surface area contributed by atoms with Crippen LogP contribution in [0.4, 0.5) is 0 Å². The van der Waals surface area contributed by atoms with Crippen LogP contribution in [0.3, 0.4) is 0 Å². The molecule has 0 aromatic heterocycles. The van der Waals surface area contributed by atoms with E-state index in [1.54, 1.807) is 0 Å². The molecule has 2 unspecified atom stereocenters. The standard InChI is InChI=1S/C15H29N3O2/c1-10(2)9-13(14(19)15(20)18-16)17-11(3)12-7-5-4-6-8-12/h10,12-14,17,19H,3-9,16H2,1-2H3,(H,18,20). The average Bonchev–Trinajstić information content (AvgIpc) is 2.45. The van der Waals surface area contributed by atoms with Crippen molar-refractivity contribution in [1.29, 1.82) is 0 Å². The number of aliphatic hydroxyl groups is 1. The molecule has 0 aliphatic heterocycles. The van der Waals surface area contributed by atoms with E-state index in [0.717, 1.165) is 18.5 Å². The molecule has 2 atom stereocenters. The summed E-state index contributed by atoms with van der Waals surface area (Å²) in [6.07, 6.45) is 5.57. The molecule has 1 aliphatic rings. The van der Waals surface area contributed by atoms with Gasteiger partial charge in [-0.15, -0.1) is 0 Å². The number of hydrogen-bond donors (Lipinski definition) is 4. The molecule has 1 rings (SSSR count). The molecule has 20 heavy (non-hydrogen) atoms. The number of carbonyl (C=O) groups is 1. The van der Waals surface area contributed by atoms with Gasteiger partial charge >= 0.3 is 0 Å². The van der Waals surface area contributed by atoms with Gasteiger partial charge in [-0.25, -0.2) is 5.84 Å². The second kappa shape index (κ2) is 8.27. The van der Waals surface area contributed by atoms with Crippen LogP contribution in [-0.2, 0) is 4.79 Å². The van der Waals surface area contributed by atoms with E-state index in [1.807, 2.05) is 5.43 Å². The number of rotatable bonds is 7. The Bertz CT molecular complexity index is 325. The summed E-state index contributed by atoms with van der Waals surface area (Å²) in [6.45, 7) is 8.23. The van der Waals surface area contributed by atoms with Gasteiger partial charge in [0.25, 0.3) is 5.91 Å². The van der Waals surface area contributed by atoms with E-state index in [1.165, 1.54) is 19.3 Å². The van der Waals surface area contributed by atoms with Crippen LogP contribution < -0.4 is 16.6 Å². The van der Waals surface area contributed by atoms with Gasteiger partial charge in [-0.3, -0.25) is 10.2 Å². The molecule has 0 aromatic carbocycles. The zero-order chi connectivity index (χ0) is 15.1. The number of aliphatic hydroxyl groups excluding tert-OH is 1. The first-order chi connectivity index (χ1) is 9.45. The van der Waals surface area contributed by atoms with Crippen molar-refractivity contribution in [2.24, 2.45) is 17.7 Å². The van der Waals surface area contributed by atoms with E-state index in [0.29, 0.717) is 18.3 Å². The van der Waals surface area contributed by atoms with Crippen molar-refractivity contribution < 1.29 is 9.90 Å². The second-order valence-corrected chi connectivity index (χ2v) is 6.19. The largest absolute Gasteiger partial charge is 0.383 e. The van der Waals surface area contributed by atoms with E-state index in [-0.39, 0.29) is 6.04 Å². The van der Waals surface area contributed by atoms with Crippen molar-refractivity contribution in [2.45, 2.75) is 64.5 Å². The predicted molar refractivity (Wildman–Crippen MR) is 80.4 cm³/mol. The third kappa shape index (κ3) is 5.13. The van der Waals surface area contributed by atoms with Crippen LogP contribution in [0.25, 0.3) is 0 Å². The molecule has 0 aromatic rings. The minimum atomic E-state index is -1.15. The van der Waals surface area contributed by atoms with Crippen molar-refractivity contribution in [2.75, 3.05) is 0 Å². The molecule has 116 valence electrons. The summed E-state index contributed by atoms with van der Waals surface area (Å²) < 4.78 is 0. The average molecular weight is 283 g/mol. The highest BCUT2D eigenvalue weighted by Gasteiger charge is 2.28. The third-order valence-corrected chi connectivity index (χ3v) is 3.99. The van der Waals surface area contributed by atoms with Gasteiger partial charge in [0.05, 0.1) is 6.04 Å². The molecule has 0 radical (unpaired) electrons. The summed E-state index contributed by atoms with van der Waals surface area (Å²) in [5, 5.41) is 13.4. The lowest BCUT2D eigenvalue weighted by atomic mass is 9.86. The van der Waals surface area contributed by atoms with E-state index >= 15 is 0 Å². The van der Waals surface area contributed by atoms with Crippen LogP contribution in [0.15, 0.2) is 12.3 Å². The Morgan fingerprint density at radius 3 is 2.45 bits per heavy atom. The van der Waals surface area contributed by atoms with E-state index in [2.05, 4.69) is 25.7 Å². The fourth-order valence-corrected chi connectivity index (χ4v) is 2.85. The van der Waals surface area contributed by atoms with E-state index < -0.39 is 12.0 Å². The van der Waals surface area contributed by atoms with Crippen LogP contribution in [0.2, 0.25) is 0 Å². The molecule has 0 bridgehead atoms. The summed E-state index contributed by atoms with van der Waals surface area (Å²) in [4.78, 5) is 11.5. The fourth-order valence-electron chi connectivity index (χ4n) is 2.85. The van der Waals surface area contributed by atoms with Crippen molar-refractivity contribution >= 4 is 5.91 Å². The Labute approximate surface area is 122 Å². The van der Waals surface area contributed by atoms with Crippen molar-refractivity contribution in [3.05, 3.63) is 12.3 Å². The number of hydrazine groups is 1. The van der Waals surface area contributed by atoms with Crippen molar-refractivity contribution in [3.63, 3.8) is 0 Å². The van der Waals surface area contributed by atoms with Crippen LogP contribution >= 0.6 is 0 Å². The van der Waals surface area contributed by atoms with Gasteiger partial charge < -0.3 is 10.4 Å². The maximum atomic E-state index is 11.5. The highest BCUT2D eigenvalue weighted by Crippen LogP contribution is 2.28. The molecular weight excluding hydrogens is 254 g/mol. The highest BCUT2D eigenvalue weighted by molar-refractivity contribution is 5.80. The summed E-state index contributed by atoms with van der Waals surface area (Å²) in [6, 6.07) is -0.340. The zero-order valence-corrected chi connectivity index (χ0v) is 12.7. The summed E-state index contributed by atoms with van der Waals surface area (Å²) in [5.41, 5.74) is 2.96. The monoisotopic (exact) mass is 283 g/mol. The quantitative estimate of drug-likeness (QED) is 0.323. The van der Waals surface area contributed by atoms with Crippen LogP contribution in [-0.4, -0.2) is 23.2 Å². The van der Waals surface area contributed by atoms with Gasteiger partial charge in [0, 0.05) is 5.70 Å². The lowest BCUT2D eigenvalue weighted by molar-refractivity contribution is -0.131. The minimum Gasteiger partial charge on any atom is -0.383 e. The molecule has 5 heteroatoms. The maximum absolute atomic E-state index is 11.5. The molecule has 1 fully saturated rings. The lowest BCUT2D eigenvalue weighted by Crippen LogP contribution is -2.51. The Balaban J connectivity index is 2.63. The normalized spacial score (nSPS) is 19.4. The molecule has 1 saturated carbocycles. The van der Waals surface area contributed by atoms with Crippen LogP contribution in [0.5, 0.6) is 0 Å². The smallest absolute Gasteiger partial charge is 0.264 e. The molecule has 1 amide bonds. The number of nitrogens with one attached hydrogen (secondary N) is 2. The van der Waals surface area contributed by atoms with Crippen molar-refractivity contribution in [1.82, 2.24) is 10.7 Å². The van der Waals surface area contributed by atoms with Crippen LogP contribution in [0.1, 0.15) is 52.4 Å². The molecule has 0 spiro atoms. The van der Waals surface area contributed by atoms with E-state index in [4.69, 9.17) is 5.84 Å². The first kappa shape index (κ1) is 17.0. The molecule has 5 N–H and O–H groups in total. The lowest BCUT2D eigenvalue weighted by Gasteiger charge is -2.31. The first-order valence-electron chi connectivity index (χ1n) is 7.59. The predicted octanol–water partition coefficient (Wildman–Crippen LogP) is 1.44. The molecule has 1 aliphatic carbocycles. The first-order valence-corrected chi connectivity index (χ1v) is 7.59. The Morgan fingerprint density at radius 1 is 1.35 bits per heavy atom. The van der Waals surface area contributed by atoms with Gasteiger partial charge in [-0.05, 0) is 31.1 Å². The maximum Gasteiger partial charge on any atom is 0.264 e. The van der Waals surface area contributed by atoms with Crippen LogP contribution in [0, 0.1) is 11.8 Å². The number of allylic oxidation sites excluding steroid dienone is 1. The number of carbonyl (C=O) groups excluding carboxylic acids is 1. The fraction of sp³-hybridized carbons (Fsp3) is 0.800. The molecule has 0 saturated heterocycles. The summed E-state index contributed by atoms with van der Waals surface area (Å²) in [7, 11) is 0. The van der Waals surface area contributed by atoms with Gasteiger partial charge in [0.1, 0.15) is 0 Å². The van der Waals surface area contributed by atoms with Gasteiger partial charge in [-0.1, -0.05) is 39.7 Å². The van der Waals surface area contributed by atoms with Gasteiger partial charge in [-0.2, -0.15) is 0 Å². The van der Waals surface area contributed by atoms with Gasteiger partial charge in [0.15, 0.2) is 6.10 Å². The Morgan fingerprint density at radius 2 is 1.95 bits per heavy atom. The zero-order valence-electron chi connectivity index (χ0n) is 12.7. The molecule has 0 heterocycles. The number of amides is 1. The second-order valence-electron chi connectivity index (χ2n) is 6.19. The SMILES string of the molecule is C=C(NC(CC(C)C)C(O)C(=O)NN)C1CCCCC1. The van der Waals surface area contributed by atoms with Gasteiger partial charge in [0.2, 0.25) is 0 Å². The minimum absolute atomic E-state index is 0.340. The molecule has 5 nitrogen and oxygen atoms in total.